The molecule has 0 aliphatic carbocycles. The van der Waals surface area contributed by atoms with Gasteiger partial charge in [0.15, 0.2) is 0 Å². The summed E-state index contributed by atoms with van der Waals surface area (Å²) in [4.78, 5) is 4.47. The minimum atomic E-state index is 0.773. The molecule has 0 unspecified atom stereocenters. The quantitative estimate of drug-likeness (QED) is 0.678. The Morgan fingerprint density at radius 3 is 2.95 bits per heavy atom. The SMILES string of the molecule is C=C1NCc2cc3c(-c4ccc(CC)nc4)n[nH]c3cc2N1. The van der Waals surface area contributed by atoms with Crippen LogP contribution in [0.25, 0.3) is 22.2 Å². The molecule has 110 valence electrons. The zero-order valence-corrected chi connectivity index (χ0v) is 12.4. The van der Waals surface area contributed by atoms with E-state index < -0.39 is 0 Å². The van der Waals surface area contributed by atoms with Crippen molar-refractivity contribution < 1.29 is 0 Å². The van der Waals surface area contributed by atoms with Crippen LogP contribution < -0.4 is 10.6 Å². The van der Waals surface area contributed by atoms with E-state index in [-0.39, 0.29) is 0 Å². The zero-order chi connectivity index (χ0) is 15.1. The van der Waals surface area contributed by atoms with Crippen LogP contribution in [0, 0.1) is 0 Å². The lowest BCUT2D eigenvalue weighted by atomic mass is 10.0. The number of hydrogen-bond acceptors (Lipinski definition) is 4. The van der Waals surface area contributed by atoms with Crippen LogP contribution >= 0.6 is 0 Å². The van der Waals surface area contributed by atoms with Crippen molar-refractivity contribution in [3.05, 3.63) is 54.1 Å². The number of aryl methyl sites for hydroxylation is 1. The Hall–Kier alpha value is -2.82. The fourth-order valence-electron chi connectivity index (χ4n) is 2.77. The molecule has 1 aliphatic rings. The van der Waals surface area contributed by atoms with Crippen LogP contribution in [0.2, 0.25) is 0 Å². The van der Waals surface area contributed by atoms with E-state index in [1.165, 1.54) is 5.56 Å². The molecule has 1 aromatic carbocycles. The highest BCUT2D eigenvalue weighted by Crippen LogP contribution is 2.32. The van der Waals surface area contributed by atoms with Crippen LogP contribution in [0.5, 0.6) is 0 Å². The summed E-state index contributed by atoms with van der Waals surface area (Å²) >= 11 is 0. The Morgan fingerprint density at radius 1 is 1.27 bits per heavy atom. The second-order valence-corrected chi connectivity index (χ2v) is 5.48. The van der Waals surface area contributed by atoms with Crippen LogP contribution in [-0.2, 0) is 13.0 Å². The van der Waals surface area contributed by atoms with Crippen LogP contribution in [0.1, 0.15) is 18.2 Å². The first kappa shape index (κ1) is 12.9. The maximum absolute atomic E-state index is 4.48. The molecule has 0 bridgehead atoms. The molecule has 5 heteroatoms. The highest BCUT2D eigenvalue weighted by Gasteiger charge is 2.15. The average Bonchev–Trinajstić information content (AvgIpc) is 2.95. The number of benzene rings is 1. The lowest BCUT2D eigenvalue weighted by Gasteiger charge is -2.21. The summed E-state index contributed by atoms with van der Waals surface area (Å²) < 4.78 is 0. The van der Waals surface area contributed by atoms with Gasteiger partial charge in [-0.05, 0) is 36.2 Å². The van der Waals surface area contributed by atoms with Gasteiger partial charge in [0.05, 0.1) is 11.3 Å². The maximum Gasteiger partial charge on any atom is 0.101 e. The Balaban J connectivity index is 1.83. The molecule has 1 aliphatic heterocycles. The summed E-state index contributed by atoms with van der Waals surface area (Å²) in [5.74, 6) is 0.825. The van der Waals surface area contributed by atoms with Gasteiger partial charge in [-0.2, -0.15) is 5.10 Å². The van der Waals surface area contributed by atoms with Crippen molar-refractivity contribution in [2.24, 2.45) is 0 Å². The van der Waals surface area contributed by atoms with Gasteiger partial charge < -0.3 is 10.6 Å². The number of nitrogens with one attached hydrogen (secondary N) is 3. The fraction of sp³-hybridized carbons (Fsp3) is 0.176. The Kier molecular flexibility index (Phi) is 2.85. The summed E-state index contributed by atoms with van der Waals surface area (Å²) in [6, 6.07) is 8.39. The Bertz CT molecular complexity index is 861. The minimum Gasteiger partial charge on any atom is -0.368 e. The third kappa shape index (κ3) is 2.02. The molecular formula is C17H17N5. The summed E-state index contributed by atoms with van der Waals surface area (Å²) in [5, 5.41) is 15.2. The summed E-state index contributed by atoms with van der Waals surface area (Å²) in [6.07, 6.45) is 2.84. The van der Waals surface area contributed by atoms with Gasteiger partial charge in [0.1, 0.15) is 5.69 Å². The molecule has 0 saturated carbocycles. The van der Waals surface area contributed by atoms with Crippen molar-refractivity contribution in [3.8, 4) is 11.3 Å². The van der Waals surface area contributed by atoms with Crippen molar-refractivity contribution in [1.82, 2.24) is 20.5 Å². The first-order valence-corrected chi connectivity index (χ1v) is 7.40. The van der Waals surface area contributed by atoms with Crippen LogP contribution in [-0.4, -0.2) is 15.2 Å². The molecule has 0 fully saturated rings. The predicted molar refractivity (Wildman–Crippen MR) is 88.3 cm³/mol. The molecule has 0 atom stereocenters. The standard InChI is InChI=1S/C17H17N5/c1-3-13-5-4-11(8-19-13)17-14-6-12-9-18-10(2)20-15(12)7-16(14)21-22-17/h4-8,18,20H,2-3,9H2,1H3,(H,21,22). The number of rotatable bonds is 2. The second kappa shape index (κ2) is 4.87. The van der Waals surface area contributed by atoms with E-state index >= 15 is 0 Å². The molecule has 5 nitrogen and oxygen atoms in total. The normalized spacial score (nSPS) is 13.6. The molecule has 0 spiro atoms. The van der Waals surface area contributed by atoms with E-state index in [9.17, 15) is 0 Å². The van der Waals surface area contributed by atoms with E-state index in [4.69, 9.17) is 0 Å². The average molecular weight is 291 g/mol. The lowest BCUT2D eigenvalue weighted by Crippen LogP contribution is -2.24. The van der Waals surface area contributed by atoms with E-state index in [1.54, 1.807) is 0 Å². The molecule has 22 heavy (non-hydrogen) atoms. The van der Waals surface area contributed by atoms with Gasteiger partial charge in [-0.3, -0.25) is 10.1 Å². The Labute approximate surface area is 128 Å². The van der Waals surface area contributed by atoms with Crippen molar-refractivity contribution in [1.29, 1.82) is 0 Å². The third-order valence-electron chi connectivity index (χ3n) is 4.02. The monoisotopic (exact) mass is 291 g/mol. The van der Waals surface area contributed by atoms with Crippen LogP contribution in [0.3, 0.4) is 0 Å². The van der Waals surface area contributed by atoms with Gasteiger partial charge in [0.25, 0.3) is 0 Å². The highest BCUT2D eigenvalue weighted by atomic mass is 15.1. The Morgan fingerprint density at radius 2 is 2.18 bits per heavy atom. The second-order valence-electron chi connectivity index (χ2n) is 5.48. The first-order chi connectivity index (χ1) is 10.7. The highest BCUT2D eigenvalue weighted by molar-refractivity contribution is 5.95. The smallest absolute Gasteiger partial charge is 0.101 e. The zero-order valence-electron chi connectivity index (χ0n) is 12.4. The van der Waals surface area contributed by atoms with Crippen molar-refractivity contribution in [2.75, 3.05) is 5.32 Å². The summed E-state index contributed by atoms with van der Waals surface area (Å²) in [5.41, 5.74) is 6.36. The molecular weight excluding hydrogens is 274 g/mol. The van der Waals surface area contributed by atoms with Gasteiger partial charge in [-0.15, -0.1) is 0 Å². The molecule has 3 heterocycles. The van der Waals surface area contributed by atoms with Crippen molar-refractivity contribution in [3.63, 3.8) is 0 Å². The number of hydrogen-bond donors (Lipinski definition) is 3. The molecule has 0 saturated heterocycles. The lowest BCUT2D eigenvalue weighted by molar-refractivity contribution is 0.798. The molecule has 3 N–H and O–H groups in total. The fourth-order valence-corrected chi connectivity index (χ4v) is 2.77. The van der Waals surface area contributed by atoms with Crippen LogP contribution in [0.4, 0.5) is 5.69 Å². The molecule has 2 aromatic heterocycles. The van der Waals surface area contributed by atoms with E-state index in [0.29, 0.717) is 0 Å². The number of fused-ring (bicyclic) bond motifs is 2. The maximum atomic E-state index is 4.48. The van der Waals surface area contributed by atoms with Crippen LogP contribution in [0.15, 0.2) is 42.9 Å². The molecule has 0 radical (unpaired) electrons. The van der Waals surface area contributed by atoms with Gasteiger partial charge in [-0.1, -0.05) is 13.5 Å². The van der Waals surface area contributed by atoms with Gasteiger partial charge in [0.2, 0.25) is 0 Å². The number of H-pyrrole nitrogens is 1. The van der Waals surface area contributed by atoms with E-state index in [2.05, 4.69) is 63.6 Å². The van der Waals surface area contributed by atoms with Gasteiger partial charge in [-0.25, -0.2) is 0 Å². The van der Waals surface area contributed by atoms with Gasteiger partial charge in [0, 0.05) is 35.1 Å². The number of aromatic amines is 1. The largest absolute Gasteiger partial charge is 0.368 e. The first-order valence-electron chi connectivity index (χ1n) is 7.40. The van der Waals surface area contributed by atoms with E-state index in [1.807, 2.05) is 6.20 Å². The number of anilines is 1. The van der Waals surface area contributed by atoms with Gasteiger partial charge >= 0.3 is 0 Å². The number of pyridine rings is 1. The minimum absolute atomic E-state index is 0.773. The molecule has 4 rings (SSSR count). The number of nitrogens with zero attached hydrogens (tertiary/aromatic N) is 2. The summed E-state index contributed by atoms with van der Waals surface area (Å²) in [7, 11) is 0. The van der Waals surface area contributed by atoms with E-state index in [0.717, 1.165) is 52.3 Å². The summed E-state index contributed by atoms with van der Waals surface area (Å²) in [6.45, 7) is 6.78. The molecule has 0 amide bonds. The third-order valence-corrected chi connectivity index (χ3v) is 4.02. The topological polar surface area (TPSA) is 65.6 Å². The van der Waals surface area contributed by atoms with Crippen molar-refractivity contribution in [2.45, 2.75) is 19.9 Å². The molecule has 3 aromatic rings. The predicted octanol–water partition coefficient (Wildman–Crippen LogP) is 3.17. The van der Waals surface area contributed by atoms with Crippen molar-refractivity contribution >= 4 is 16.6 Å². The number of aromatic nitrogens is 3.